The highest BCUT2D eigenvalue weighted by molar-refractivity contribution is 9.10. The summed E-state index contributed by atoms with van der Waals surface area (Å²) in [4.78, 5) is 0. The van der Waals surface area contributed by atoms with E-state index >= 15 is 0 Å². The van der Waals surface area contributed by atoms with Gasteiger partial charge in [-0.15, -0.1) is 0 Å². The van der Waals surface area contributed by atoms with Gasteiger partial charge >= 0.3 is 0 Å². The van der Waals surface area contributed by atoms with Crippen molar-refractivity contribution in [3.8, 4) is 0 Å². The van der Waals surface area contributed by atoms with Crippen LogP contribution in [0.25, 0.3) is 0 Å². The zero-order chi connectivity index (χ0) is 13.3. The van der Waals surface area contributed by atoms with Gasteiger partial charge in [0.05, 0.1) is 6.10 Å². The molecule has 4 heteroatoms. The molecule has 1 aliphatic carbocycles. The smallest absolute Gasteiger partial charge is 0.130 e. The van der Waals surface area contributed by atoms with Gasteiger partial charge in [0.1, 0.15) is 5.82 Å². The van der Waals surface area contributed by atoms with Crippen LogP contribution in [0.4, 0.5) is 4.39 Å². The second-order valence-electron chi connectivity index (χ2n) is 5.48. The molecule has 1 aliphatic rings. The molecule has 1 saturated carbocycles. The molecule has 3 unspecified atom stereocenters. The van der Waals surface area contributed by atoms with E-state index in [0.717, 1.165) is 19.3 Å². The summed E-state index contributed by atoms with van der Waals surface area (Å²) in [5.74, 6) is 0.172. The second kappa shape index (κ2) is 5.27. The molecule has 3 atom stereocenters. The van der Waals surface area contributed by atoms with Crippen LogP contribution in [0.1, 0.15) is 37.9 Å². The highest BCUT2D eigenvalue weighted by atomic mass is 79.9. The summed E-state index contributed by atoms with van der Waals surface area (Å²) in [6, 6.07) is 4.79. The van der Waals surface area contributed by atoms with Crippen LogP contribution in [0.5, 0.6) is 0 Å². The first-order valence-electron chi connectivity index (χ1n) is 6.31. The fourth-order valence-corrected chi connectivity index (χ4v) is 3.36. The van der Waals surface area contributed by atoms with E-state index in [1.165, 1.54) is 6.07 Å². The fraction of sp³-hybridized carbons (Fsp3) is 0.571. The maximum Gasteiger partial charge on any atom is 0.130 e. The molecule has 0 spiro atoms. The monoisotopic (exact) mass is 315 g/mol. The van der Waals surface area contributed by atoms with E-state index in [1.807, 2.05) is 0 Å². The Morgan fingerprint density at radius 2 is 2.33 bits per heavy atom. The summed E-state index contributed by atoms with van der Waals surface area (Å²) in [5.41, 5.74) is 5.85. The molecule has 3 N–H and O–H groups in total. The molecular weight excluding hydrogens is 297 g/mol. The molecule has 100 valence electrons. The Bertz CT molecular complexity index is 440. The van der Waals surface area contributed by atoms with E-state index in [2.05, 4.69) is 22.9 Å². The summed E-state index contributed by atoms with van der Waals surface area (Å²) < 4.78 is 14.6. The molecule has 0 radical (unpaired) electrons. The fourth-order valence-electron chi connectivity index (χ4n) is 3.03. The molecule has 0 aliphatic heterocycles. The first kappa shape index (κ1) is 14.0. The predicted molar refractivity (Wildman–Crippen MR) is 73.6 cm³/mol. The third-order valence-electron chi connectivity index (χ3n) is 4.13. The Labute approximate surface area is 116 Å². The number of aliphatic hydroxyl groups is 1. The minimum absolute atomic E-state index is 0.359. The van der Waals surface area contributed by atoms with Crippen LogP contribution in [0, 0.1) is 17.2 Å². The van der Waals surface area contributed by atoms with Crippen LogP contribution in [-0.2, 0) is 0 Å². The molecule has 18 heavy (non-hydrogen) atoms. The molecule has 0 saturated heterocycles. The third-order valence-corrected chi connectivity index (χ3v) is 4.63. The largest absolute Gasteiger partial charge is 0.388 e. The van der Waals surface area contributed by atoms with Crippen molar-refractivity contribution in [2.24, 2.45) is 17.1 Å². The lowest BCUT2D eigenvalue weighted by Crippen LogP contribution is -2.35. The number of rotatable bonds is 3. The summed E-state index contributed by atoms with van der Waals surface area (Å²) in [6.45, 7) is 2.55. The molecule has 0 heterocycles. The first-order chi connectivity index (χ1) is 8.48. The van der Waals surface area contributed by atoms with Crippen molar-refractivity contribution >= 4 is 15.9 Å². The van der Waals surface area contributed by atoms with Crippen LogP contribution in [0.3, 0.4) is 0 Å². The molecular formula is C14H19BrFNO. The lowest BCUT2D eigenvalue weighted by molar-refractivity contribution is 0.0281. The van der Waals surface area contributed by atoms with E-state index in [4.69, 9.17) is 5.73 Å². The Morgan fingerprint density at radius 1 is 1.61 bits per heavy atom. The summed E-state index contributed by atoms with van der Waals surface area (Å²) in [7, 11) is 0. The molecule has 2 rings (SSSR count). The van der Waals surface area contributed by atoms with Gasteiger partial charge in [0.2, 0.25) is 0 Å². The zero-order valence-corrected chi connectivity index (χ0v) is 12.1. The Kier molecular flexibility index (Phi) is 4.09. The topological polar surface area (TPSA) is 46.2 Å². The van der Waals surface area contributed by atoms with Crippen molar-refractivity contribution < 1.29 is 9.50 Å². The zero-order valence-electron chi connectivity index (χ0n) is 10.5. The molecule has 0 amide bonds. The average molecular weight is 316 g/mol. The third kappa shape index (κ3) is 2.46. The number of halogens is 2. The van der Waals surface area contributed by atoms with E-state index in [-0.39, 0.29) is 11.2 Å². The van der Waals surface area contributed by atoms with Crippen LogP contribution < -0.4 is 5.73 Å². The van der Waals surface area contributed by atoms with Crippen LogP contribution in [-0.4, -0.2) is 11.7 Å². The van der Waals surface area contributed by atoms with Crippen molar-refractivity contribution in [1.29, 1.82) is 0 Å². The number of aliphatic hydroxyl groups excluding tert-OH is 1. The van der Waals surface area contributed by atoms with Crippen molar-refractivity contribution in [1.82, 2.24) is 0 Å². The van der Waals surface area contributed by atoms with Crippen molar-refractivity contribution in [3.05, 3.63) is 34.1 Å². The predicted octanol–water partition coefficient (Wildman–Crippen LogP) is 3.39. The van der Waals surface area contributed by atoms with Gasteiger partial charge in [-0.1, -0.05) is 35.3 Å². The van der Waals surface area contributed by atoms with Gasteiger partial charge < -0.3 is 10.8 Å². The van der Waals surface area contributed by atoms with Gasteiger partial charge in [0.15, 0.2) is 0 Å². The van der Waals surface area contributed by atoms with Crippen LogP contribution in [0.2, 0.25) is 0 Å². The Balaban J connectivity index is 2.32. The molecule has 0 bridgehead atoms. The Morgan fingerprint density at radius 3 is 2.83 bits per heavy atom. The maximum atomic E-state index is 13.9. The quantitative estimate of drug-likeness (QED) is 0.898. The lowest BCUT2D eigenvalue weighted by atomic mass is 9.76. The van der Waals surface area contributed by atoms with Gasteiger partial charge in [0.25, 0.3) is 0 Å². The van der Waals surface area contributed by atoms with Crippen LogP contribution >= 0.6 is 15.9 Å². The SMILES string of the molecule is CC1CCC(CN)(C(O)c2ccc(Br)cc2F)C1. The first-order valence-corrected chi connectivity index (χ1v) is 7.11. The van der Waals surface area contributed by atoms with E-state index in [9.17, 15) is 9.50 Å². The van der Waals surface area contributed by atoms with Gasteiger partial charge in [0, 0.05) is 22.0 Å². The van der Waals surface area contributed by atoms with E-state index < -0.39 is 6.10 Å². The van der Waals surface area contributed by atoms with Gasteiger partial charge in [-0.2, -0.15) is 0 Å². The van der Waals surface area contributed by atoms with Gasteiger partial charge in [-0.05, 0) is 30.9 Å². The maximum absolute atomic E-state index is 13.9. The van der Waals surface area contributed by atoms with E-state index in [0.29, 0.717) is 22.5 Å². The standard InChI is InChI=1S/C14H19BrFNO/c1-9-4-5-14(7-9,8-17)13(18)11-3-2-10(15)6-12(11)16/h2-3,6,9,13,18H,4-5,7-8,17H2,1H3. The van der Waals surface area contributed by atoms with Crippen molar-refractivity contribution in [2.75, 3.05) is 6.54 Å². The normalized spacial score (nSPS) is 29.5. The lowest BCUT2D eigenvalue weighted by Gasteiger charge is -2.33. The number of hydrogen-bond donors (Lipinski definition) is 2. The second-order valence-corrected chi connectivity index (χ2v) is 6.40. The number of hydrogen-bond acceptors (Lipinski definition) is 2. The van der Waals surface area contributed by atoms with Crippen LogP contribution in [0.15, 0.2) is 22.7 Å². The highest BCUT2D eigenvalue weighted by Gasteiger charge is 2.43. The number of benzene rings is 1. The highest BCUT2D eigenvalue weighted by Crippen LogP contribution is 2.49. The molecule has 1 aromatic carbocycles. The number of nitrogens with two attached hydrogens (primary N) is 1. The van der Waals surface area contributed by atoms with Gasteiger partial charge in [-0.25, -0.2) is 4.39 Å². The average Bonchev–Trinajstić information content (AvgIpc) is 2.71. The molecule has 0 aromatic heterocycles. The summed E-state index contributed by atoms with van der Waals surface area (Å²) in [5, 5.41) is 10.5. The van der Waals surface area contributed by atoms with Crippen molar-refractivity contribution in [3.63, 3.8) is 0 Å². The Hall–Kier alpha value is -0.450. The minimum Gasteiger partial charge on any atom is -0.388 e. The summed E-state index contributed by atoms with van der Waals surface area (Å²) >= 11 is 3.22. The van der Waals surface area contributed by atoms with Crippen molar-refractivity contribution in [2.45, 2.75) is 32.3 Å². The molecule has 2 nitrogen and oxygen atoms in total. The molecule has 1 aromatic rings. The molecule has 1 fully saturated rings. The van der Waals surface area contributed by atoms with E-state index in [1.54, 1.807) is 12.1 Å². The van der Waals surface area contributed by atoms with Gasteiger partial charge in [-0.3, -0.25) is 0 Å². The minimum atomic E-state index is -0.819. The summed E-state index contributed by atoms with van der Waals surface area (Å²) in [6.07, 6.45) is 1.95.